The van der Waals surface area contributed by atoms with E-state index >= 15 is 0 Å². The van der Waals surface area contributed by atoms with Crippen LogP contribution in [0.5, 0.6) is 0 Å². The molecule has 0 radical (unpaired) electrons. The molecule has 1 aliphatic carbocycles. The van der Waals surface area contributed by atoms with Crippen molar-refractivity contribution < 1.29 is 9.28 Å². The van der Waals surface area contributed by atoms with Crippen LogP contribution in [0, 0.1) is 0 Å². The van der Waals surface area contributed by atoms with Gasteiger partial charge in [0.1, 0.15) is 6.54 Å². The molecular weight excluding hydrogens is 388 g/mol. The van der Waals surface area contributed by atoms with Crippen molar-refractivity contribution in [2.45, 2.75) is 44.7 Å². The van der Waals surface area contributed by atoms with Gasteiger partial charge in [-0.25, -0.2) is 0 Å². The number of nitrogens with one attached hydrogen (secondary N) is 1. The van der Waals surface area contributed by atoms with E-state index in [4.69, 9.17) is 0 Å². The number of carbonyl (C=O) groups is 1. The molecule has 0 bridgehead atoms. The molecule has 138 valence electrons. The Kier molecular flexibility index (Phi) is 6.15. The average molecular weight is 416 g/mol. The number of benzene rings is 2. The second-order valence-corrected chi connectivity index (χ2v) is 8.81. The molecule has 0 spiro atoms. The van der Waals surface area contributed by atoms with Crippen LogP contribution in [0.4, 0.5) is 5.69 Å². The molecule has 1 saturated carbocycles. The monoisotopic (exact) mass is 415 g/mol. The van der Waals surface area contributed by atoms with E-state index in [0.717, 1.165) is 27.2 Å². The maximum Gasteiger partial charge on any atom is 0.255 e. The van der Waals surface area contributed by atoms with Gasteiger partial charge in [0.25, 0.3) is 5.91 Å². The minimum Gasteiger partial charge on any atom is -0.322 e. The summed E-state index contributed by atoms with van der Waals surface area (Å²) in [6.45, 7) is 1.03. The van der Waals surface area contributed by atoms with Crippen LogP contribution in [0.2, 0.25) is 0 Å². The van der Waals surface area contributed by atoms with Gasteiger partial charge in [-0.1, -0.05) is 40.5 Å². The second kappa shape index (κ2) is 8.36. The van der Waals surface area contributed by atoms with E-state index in [1.165, 1.54) is 37.7 Å². The molecule has 3 nitrogen and oxygen atoms in total. The average Bonchev–Trinajstić information content (AvgIpc) is 2.64. The fraction of sp³-hybridized carbons (Fsp3) is 0.409. The van der Waals surface area contributed by atoms with Crippen molar-refractivity contribution in [2.24, 2.45) is 0 Å². The lowest BCUT2D eigenvalue weighted by Gasteiger charge is -2.40. The van der Waals surface area contributed by atoms with Crippen molar-refractivity contribution in [2.75, 3.05) is 19.4 Å². The van der Waals surface area contributed by atoms with Crippen LogP contribution in [-0.2, 0) is 6.54 Å². The second-order valence-electron chi connectivity index (χ2n) is 7.89. The highest BCUT2D eigenvalue weighted by Crippen LogP contribution is 2.27. The lowest BCUT2D eigenvalue weighted by molar-refractivity contribution is -0.929. The SMILES string of the molecule is C[N+](C)(Cc1ccc(NC(=O)c2cccc(Br)c2)cc1)C1CCCCC1. The quantitative estimate of drug-likeness (QED) is 0.631. The molecule has 2 aromatic carbocycles. The Bertz CT molecular complexity index is 749. The van der Waals surface area contributed by atoms with Gasteiger partial charge in [0.15, 0.2) is 0 Å². The highest BCUT2D eigenvalue weighted by molar-refractivity contribution is 9.10. The number of amides is 1. The highest BCUT2D eigenvalue weighted by atomic mass is 79.9. The molecule has 1 fully saturated rings. The molecule has 2 aromatic rings. The summed E-state index contributed by atoms with van der Waals surface area (Å²) in [5.41, 5.74) is 2.81. The number of halogens is 1. The normalized spacial score (nSPS) is 15.7. The first-order chi connectivity index (χ1) is 12.4. The number of carbonyl (C=O) groups excluding carboxylic acids is 1. The zero-order valence-corrected chi connectivity index (χ0v) is 17.3. The smallest absolute Gasteiger partial charge is 0.255 e. The van der Waals surface area contributed by atoms with Gasteiger partial charge >= 0.3 is 0 Å². The summed E-state index contributed by atoms with van der Waals surface area (Å²) in [6, 6.07) is 16.5. The summed E-state index contributed by atoms with van der Waals surface area (Å²) in [5.74, 6) is -0.0858. The minimum absolute atomic E-state index is 0.0858. The fourth-order valence-electron chi connectivity index (χ4n) is 3.91. The third-order valence-corrected chi connectivity index (χ3v) is 5.95. The van der Waals surface area contributed by atoms with Crippen molar-refractivity contribution in [1.29, 1.82) is 0 Å². The van der Waals surface area contributed by atoms with E-state index in [1.54, 1.807) is 0 Å². The summed E-state index contributed by atoms with van der Waals surface area (Å²) in [5, 5.41) is 2.97. The third-order valence-electron chi connectivity index (χ3n) is 5.45. The number of anilines is 1. The molecule has 1 aliphatic rings. The van der Waals surface area contributed by atoms with Gasteiger partial charge in [-0.2, -0.15) is 0 Å². The Morgan fingerprint density at radius 3 is 2.42 bits per heavy atom. The van der Waals surface area contributed by atoms with E-state index in [2.05, 4.69) is 47.5 Å². The molecular formula is C22H28BrN2O+. The van der Waals surface area contributed by atoms with E-state index in [9.17, 15) is 4.79 Å². The summed E-state index contributed by atoms with van der Waals surface area (Å²) in [4.78, 5) is 12.4. The van der Waals surface area contributed by atoms with Crippen LogP contribution in [0.1, 0.15) is 48.0 Å². The summed E-state index contributed by atoms with van der Waals surface area (Å²) in [7, 11) is 4.69. The van der Waals surface area contributed by atoms with Crippen LogP contribution in [0.25, 0.3) is 0 Å². The number of hydrogen-bond donors (Lipinski definition) is 1. The van der Waals surface area contributed by atoms with Gasteiger partial charge < -0.3 is 9.80 Å². The molecule has 26 heavy (non-hydrogen) atoms. The van der Waals surface area contributed by atoms with Gasteiger partial charge in [0.2, 0.25) is 0 Å². The molecule has 1 amide bonds. The maximum atomic E-state index is 12.4. The van der Waals surface area contributed by atoms with Gasteiger partial charge in [0, 0.05) is 21.3 Å². The third kappa shape index (κ3) is 4.95. The van der Waals surface area contributed by atoms with Crippen LogP contribution in [0.3, 0.4) is 0 Å². The Hall–Kier alpha value is -1.65. The molecule has 0 unspecified atom stereocenters. The van der Waals surface area contributed by atoms with Crippen molar-refractivity contribution >= 4 is 27.5 Å². The Morgan fingerprint density at radius 2 is 1.77 bits per heavy atom. The van der Waals surface area contributed by atoms with E-state index in [-0.39, 0.29) is 5.91 Å². The van der Waals surface area contributed by atoms with E-state index in [1.807, 2.05) is 36.4 Å². The molecule has 0 saturated heterocycles. The van der Waals surface area contributed by atoms with Crippen LogP contribution in [0.15, 0.2) is 53.0 Å². The topological polar surface area (TPSA) is 29.1 Å². The molecule has 0 heterocycles. The largest absolute Gasteiger partial charge is 0.322 e. The van der Waals surface area contributed by atoms with E-state index in [0.29, 0.717) is 5.56 Å². The van der Waals surface area contributed by atoms with Gasteiger partial charge in [-0.15, -0.1) is 0 Å². The summed E-state index contributed by atoms with van der Waals surface area (Å²) < 4.78 is 1.95. The van der Waals surface area contributed by atoms with Crippen molar-refractivity contribution in [3.8, 4) is 0 Å². The van der Waals surface area contributed by atoms with Crippen LogP contribution < -0.4 is 5.32 Å². The molecule has 0 aliphatic heterocycles. The first kappa shape index (κ1) is 19.1. The zero-order valence-electron chi connectivity index (χ0n) is 15.7. The number of quaternary nitrogens is 1. The van der Waals surface area contributed by atoms with Gasteiger partial charge in [0.05, 0.1) is 20.1 Å². The minimum atomic E-state index is -0.0858. The van der Waals surface area contributed by atoms with Crippen LogP contribution >= 0.6 is 15.9 Å². The number of hydrogen-bond acceptors (Lipinski definition) is 1. The molecule has 3 rings (SSSR count). The molecule has 0 atom stereocenters. The number of nitrogens with zero attached hydrogens (tertiary/aromatic N) is 1. The highest BCUT2D eigenvalue weighted by Gasteiger charge is 2.29. The lowest BCUT2D eigenvalue weighted by atomic mass is 9.92. The standard InChI is InChI=1S/C22H27BrN2O/c1-25(2,21-9-4-3-5-10-21)16-17-11-13-20(14-12-17)24-22(26)18-7-6-8-19(23)15-18/h6-8,11-15,21H,3-5,9-10,16H2,1-2H3/p+1. The summed E-state index contributed by atoms with van der Waals surface area (Å²) >= 11 is 3.40. The Balaban J connectivity index is 1.62. The van der Waals surface area contributed by atoms with E-state index < -0.39 is 0 Å². The first-order valence-electron chi connectivity index (χ1n) is 9.42. The fourth-order valence-corrected chi connectivity index (χ4v) is 4.31. The van der Waals surface area contributed by atoms with Crippen LogP contribution in [-0.4, -0.2) is 30.5 Å². The first-order valence-corrected chi connectivity index (χ1v) is 10.2. The van der Waals surface area contributed by atoms with Gasteiger partial charge in [-0.3, -0.25) is 4.79 Å². The maximum absolute atomic E-state index is 12.4. The van der Waals surface area contributed by atoms with Crippen molar-refractivity contribution in [3.05, 3.63) is 64.1 Å². The molecule has 1 N–H and O–H groups in total. The van der Waals surface area contributed by atoms with Gasteiger partial charge in [-0.05, 0) is 56.0 Å². The lowest BCUT2D eigenvalue weighted by Crippen LogP contribution is -2.48. The predicted molar refractivity (Wildman–Crippen MR) is 111 cm³/mol. The predicted octanol–water partition coefficient (Wildman–Crippen LogP) is 5.61. The zero-order chi connectivity index (χ0) is 18.6. The number of rotatable bonds is 5. The Morgan fingerprint density at radius 1 is 1.08 bits per heavy atom. The molecule has 4 heteroatoms. The van der Waals surface area contributed by atoms with Crippen molar-refractivity contribution in [1.82, 2.24) is 0 Å². The van der Waals surface area contributed by atoms with Crippen molar-refractivity contribution in [3.63, 3.8) is 0 Å². The summed E-state index contributed by atoms with van der Waals surface area (Å²) in [6.07, 6.45) is 6.81. The Labute approximate surface area is 165 Å². The molecule has 0 aromatic heterocycles.